The normalized spacial score (nSPS) is 19.4. The van der Waals surface area contributed by atoms with Crippen molar-refractivity contribution in [1.82, 2.24) is 5.32 Å². The van der Waals surface area contributed by atoms with Crippen molar-refractivity contribution in [3.63, 3.8) is 0 Å². The predicted octanol–water partition coefficient (Wildman–Crippen LogP) is 5.50. The Hall–Kier alpha value is -0.350. The third-order valence-electron chi connectivity index (χ3n) is 3.67. The highest BCUT2D eigenvalue weighted by Gasteiger charge is 2.26. The van der Waals surface area contributed by atoms with Crippen LogP contribution >= 0.6 is 38.9 Å². The number of halogens is 2. The molecule has 1 aliphatic carbocycles. The van der Waals surface area contributed by atoms with Crippen LogP contribution in [0.15, 0.2) is 34.8 Å². The highest BCUT2D eigenvalue weighted by Crippen LogP contribution is 2.40. The van der Waals surface area contributed by atoms with Crippen LogP contribution in [-0.4, -0.2) is 0 Å². The summed E-state index contributed by atoms with van der Waals surface area (Å²) in [4.78, 5) is 1.45. The van der Waals surface area contributed by atoms with Gasteiger partial charge in [-0.25, -0.2) is 0 Å². The molecule has 100 valence electrons. The highest BCUT2D eigenvalue weighted by atomic mass is 79.9. The molecule has 1 heterocycles. The average Bonchev–Trinajstić information content (AvgIpc) is 2.91. The van der Waals surface area contributed by atoms with E-state index < -0.39 is 0 Å². The Morgan fingerprint density at radius 3 is 2.84 bits per heavy atom. The third-order valence-corrected chi connectivity index (χ3v) is 5.54. The Morgan fingerprint density at radius 1 is 1.37 bits per heavy atom. The van der Waals surface area contributed by atoms with Gasteiger partial charge < -0.3 is 5.32 Å². The first-order chi connectivity index (χ1) is 9.13. The van der Waals surface area contributed by atoms with E-state index in [4.69, 9.17) is 11.6 Å². The number of benzene rings is 1. The van der Waals surface area contributed by atoms with Gasteiger partial charge in [0.1, 0.15) is 0 Å². The van der Waals surface area contributed by atoms with Gasteiger partial charge in [-0.3, -0.25) is 0 Å². The number of rotatable bonds is 3. The van der Waals surface area contributed by atoms with E-state index in [-0.39, 0.29) is 0 Å². The monoisotopic (exact) mass is 355 g/mol. The Bertz CT molecular complexity index is 578. The number of thiophene rings is 1. The van der Waals surface area contributed by atoms with Crippen LogP contribution in [-0.2, 0) is 6.42 Å². The molecule has 1 N–H and O–H groups in total. The summed E-state index contributed by atoms with van der Waals surface area (Å²) in [5, 5.41) is 3.72. The van der Waals surface area contributed by atoms with Gasteiger partial charge in [-0.1, -0.05) is 39.7 Å². The fraction of sp³-hybridized carbons (Fsp3) is 0.333. The summed E-state index contributed by atoms with van der Waals surface area (Å²) in [6.45, 7) is 2.22. The smallest absolute Gasteiger partial charge is 0.0934 e. The van der Waals surface area contributed by atoms with E-state index in [1.54, 1.807) is 11.3 Å². The van der Waals surface area contributed by atoms with E-state index in [0.717, 1.165) is 15.2 Å². The molecule has 19 heavy (non-hydrogen) atoms. The van der Waals surface area contributed by atoms with Gasteiger partial charge in [0.25, 0.3) is 0 Å². The molecule has 2 atom stereocenters. The first-order valence-corrected chi connectivity index (χ1v) is 8.42. The Labute approximate surface area is 131 Å². The van der Waals surface area contributed by atoms with Gasteiger partial charge in [0.15, 0.2) is 0 Å². The predicted molar refractivity (Wildman–Crippen MR) is 86.1 cm³/mol. The summed E-state index contributed by atoms with van der Waals surface area (Å²) in [5.41, 5.74) is 2.72. The van der Waals surface area contributed by atoms with Gasteiger partial charge in [-0.15, -0.1) is 11.3 Å². The summed E-state index contributed by atoms with van der Waals surface area (Å²) in [5.74, 6) is 0. The first-order valence-electron chi connectivity index (χ1n) is 6.43. The first kappa shape index (κ1) is 13.6. The summed E-state index contributed by atoms with van der Waals surface area (Å²) in [6, 6.07) is 11.4. The second-order valence-electron chi connectivity index (χ2n) is 4.96. The quantitative estimate of drug-likeness (QED) is 0.765. The van der Waals surface area contributed by atoms with E-state index in [9.17, 15) is 0 Å². The number of fused-ring (bicyclic) bond motifs is 1. The molecular formula is C15H15BrClNS. The van der Waals surface area contributed by atoms with Gasteiger partial charge in [-0.2, -0.15) is 0 Å². The topological polar surface area (TPSA) is 12.0 Å². The number of hydrogen-bond acceptors (Lipinski definition) is 2. The molecule has 0 fully saturated rings. The summed E-state index contributed by atoms with van der Waals surface area (Å²) < 4.78 is 2.03. The maximum Gasteiger partial charge on any atom is 0.0934 e. The zero-order valence-corrected chi connectivity index (χ0v) is 13.8. The zero-order valence-electron chi connectivity index (χ0n) is 10.6. The molecule has 3 rings (SSSR count). The van der Waals surface area contributed by atoms with Crippen LogP contribution in [0.4, 0.5) is 0 Å². The summed E-state index contributed by atoms with van der Waals surface area (Å²) in [7, 11) is 0. The van der Waals surface area contributed by atoms with Crippen LogP contribution in [0.5, 0.6) is 0 Å². The third kappa shape index (κ3) is 2.89. The van der Waals surface area contributed by atoms with E-state index >= 15 is 0 Å². The molecule has 1 aliphatic rings. The number of hydrogen-bond donors (Lipinski definition) is 1. The van der Waals surface area contributed by atoms with Crippen molar-refractivity contribution in [2.75, 3.05) is 0 Å². The summed E-state index contributed by atoms with van der Waals surface area (Å²) >= 11 is 11.3. The minimum absolute atomic E-state index is 0.350. The number of nitrogens with one attached hydrogen (secondary N) is 1. The number of aryl methyl sites for hydroxylation is 1. The van der Waals surface area contributed by atoms with Crippen molar-refractivity contribution in [3.05, 3.63) is 55.1 Å². The van der Waals surface area contributed by atoms with Crippen LogP contribution in [0, 0.1) is 0 Å². The molecule has 1 aromatic heterocycles. The van der Waals surface area contributed by atoms with Gasteiger partial charge in [-0.05, 0) is 49.1 Å². The van der Waals surface area contributed by atoms with Crippen molar-refractivity contribution in [2.24, 2.45) is 0 Å². The van der Waals surface area contributed by atoms with E-state index in [0.29, 0.717) is 12.1 Å². The Kier molecular flexibility index (Phi) is 3.99. The SMILES string of the molecule is C[C@H](NC1CCc2sc(Cl)cc21)c1ccc(Br)cc1. The van der Waals surface area contributed by atoms with Crippen molar-refractivity contribution >= 4 is 38.9 Å². The maximum atomic E-state index is 6.10. The van der Waals surface area contributed by atoms with Crippen LogP contribution < -0.4 is 5.32 Å². The van der Waals surface area contributed by atoms with Crippen molar-refractivity contribution < 1.29 is 0 Å². The molecule has 0 radical (unpaired) electrons. The lowest BCUT2D eigenvalue weighted by atomic mass is 10.1. The molecule has 1 unspecified atom stereocenters. The minimum Gasteiger partial charge on any atom is -0.303 e. The molecule has 2 aromatic rings. The van der Waals surface area contributed by atoms with Crippen molar-refractivity contribution in [1.29, 1.82) is 0 Å². The van der Waals surface area contributed by atoms with E-state index in [1.165, 1.54) is 22.4 Å². The lowest BCUT2D eigenvalue weighted by molar-refractivity contribution is 0.465. The lowest BCUT2D eigenvalue weighted by Gasteiger charge is -2.20. The van der Waals surface area contributed by atoms with Gasteiger partial charge in [0, 0.05) is 21.4 Å². The fourth-order valence-corrected chi connectivity index (χ4v) is 4.27. The second kappa shape index (κ2) is 5.57. The largest absolute Gasteiger partial charge is 0.303 e. The van der Waals surface area contributed by atoms with Gasteiger partial charge >= 0.3 is 0 Å². The van der Waals surface area contributed by atoms with Gasteiger partial charge in [0.2, 0.25) is 0 Å². The lowest BCUT2D eigenvalue weighted by Crippen LogP contribution is -2.22. The van der Waals surface area contributed by atoms with E-state index in [2.05, 4.69) is 58.5 Å². The summed E-state index contributed by atoms with van der Waals surface area (Å²) in [6.07, 6.45) is 2.33. The molecule has 0 spiro atoms. The average molecular weight is 357 g/mol. The molecular weight excluding hydrogens is 342 g/mol. The van der Waals surface area contributed by atoms with Gasteiger partial charge in [0.05, 0.1) is 4.34 Å². The highest BCUT2D eigenvalue weighted by molar-refractivity contribution is 9.10. The molecule has 0 saturated carbocycles. The Balaban J connectivity index is 1.73. The molecule has 0 saturated heterocycles. The molecule has 1 aromatic carbocycles. The molecule has 0 amide bonds. The molecule has 0 bridgehead atoms. The maximum absolute atomic E-state index is 6.10. The van der Waals surface area contributed by atoms with Crippen LogP contribution in [0.3, 0.4) is 0 Å². The Morgan fingerprint density at radius 2 is 2.11 bits per heavy atom. The molecule has 4 heteroatoms. The standard InChI is InChI=1S/C15H15BrClNS/c1-9(10-2-4-11(16)5-3-10)18-13-6-7-14-12(13)8-15(17)19-14/h2-5,8-9,13,18H,6-7H2,1H3/t9-,13?/m0/s1. The minimum atomic E-state index is 0.350. The van der Waals surface area contributed by atoms with E-state index in [1.807, 2.05) is 0 Å². The zero-order chi connectivity index (χ0) is 13.4. The molecule has 1 nitrogen and oxygen atoms in total. The van der Waals surface area contributed by atoms with Crippen molar-refractivity contribution in [3.8, 4) is 0 Å². The second-order valence-corrected chi connectivity index (χ2v) is 7.64. The van der Waals surface area contributed by atoms with Crippen LogP contribution in [0.25, 0.3) is 0 Å². The van der Waals surface area contributed by atoms with Crippen LogP contribution in [0.1, 0.15) is 41.4 Å². The molecule has 0 aliphatic heterocycles. The fourth-order valence-electron chi connectivity index (χ4n) is 2.65. The van der Waals surface area contributed by atoms with Crippen molar-refractivity contribution in [2.45, 2.75) is 31.8 Å². The van der Waals surface area contributed by atoms with Crippen LogP contribution in [0.2, 0.25) is 4.34 Å².